The van der Waals surface area contributed by atoms with Crippen molar-refractivity contribution in [2.24, 2.45) is 5.92 Å². The van der Waals surface area contributed by atoms with E-state index in [-0.39, 0.29) is 5.91 Å². The van der Waals surface area contributed by atoms with Crippen molar-refractivity contribution in [1.82, 2.24) is 15.2 Å². The number of piperidine rings is 1. The number of hydrogen-bond acceptors (Lipinski definition) is 3. The molecule has 1 amide bonds. The topological polar surface area (TPSA) is 45.2 Å². The Morgan fingerprint density at radius 1 is 1.48 bits per heavy atom. The minimum absolute atomic E-state index is 0.0838. The zero-order valence-corrected chi connectivity index (χ0v) is 13.4. The Morgan fingerprint density at radius 2 is 2.29 bits per heavy atom. The van der Waals surface area contributed by atoms with Gasteiger partial charge in [-0.1, -0.05) is 26.3 Å². The zero-order valence-electron chi connectivity index (χ0n) is 13.4. The van der Waals surface area contributed by atoms with Gasteiger partial charge >= 0.3 is 0 Å². The predicted octanol–water partition coefficient (Wildman–Crippen LogP) is 2.63. The van der Waals surface area contributed by atoms with E-state index >= 15 is 0 Å². The Morgan fingerprint density at radius 3 is 2.95 bits per heavy atom. The molecular formula is C17H27N3O. The van der Waals surface area contributed by atoms with Gasteiger partial charge in [-0.3, -0.25) is 9.78 Å². The highest BCUT2D eigenvalue weighted by Crippen LogP contribution is 2.22. The van der Waals surface area contributed by atoms with Gasteiger partial charge in [-0.15, -0.1) is 0 Å². The first-order valence-electron chi connectivity index (χ1n) is 8.11. The van der Waals surface area contributed by atoms with Gasteiger partial charge in [0.15, 0.2) is 0 Å². The molecule has 1 saturated heterocycles. The lowest BCUT2D eigenvalue weighted by Crippen LogP contribution is -2.51. The van der Waals surface area contributed by atoms with Crippen molar-refractivity contribution < 1.29 is 4.79 Å². The molecule has 1 fully saturated rings. The Hall–Kier alpha value is -1.42. The summed E-state index contributed by atoms with van der Waals surface area (Å²) < 4.78 is 0. The molecule has 2 atom stereocenters. The SMILES string of the molecule is CCCNC1CCN(C(=O)c2ncccc2C)CC1CC. The van der Waals surface area contributed by atoms with Crippen LogP contribution in [0.15, 0.2) is 18.3 Å². The second kappa shape index (κ2) is 7.55. The third-order valence-electron chi connectivity index (χ3n) is 4.41. The number of carbonyl (C=O) groups excluding carboxylic acids is 1. The van der Waals surface area contributed by atoms with Crippen molar-refractivity contribution >= 4 is 5.91 Å². The third-order valence-corrected chi connectivity index (χ3v) is 4.41. The highest BCUT2D eigenvalue weighted by molar-refractivity contribution is 5.93. The maximum Gasteiger partial charge on any atom is 0.272 e. The Balaban J connectivity index is 2.03. The number of carbonyl (C=O) groups is 1. The van der Waals surface area contributed by atoms with E-state index in [1.807, 2.05) is 24.0 Å². The number of amides is 1. The lowest BCUT2D eigenvalue weighted by Gasteiger charge is -2.38. The molecule has 1 aliphatic heterocycles. The minimum Gasteiger partial charge on any atom is -0.337 e. The molecule has 0 radical (unpaired) electrons. The molecule has 0 saturated carbocycles. The third kappa shape index (κ3) is 3.82. The lowest BCUT2D eigenvalue weighted by molar-refractivity contribution is 0.0620. The number of nitrogens with one attached hydrogen (secondary N) is 1. The van der Waals surface area contributed by atoms with Crippen LogP contribution in [0.1, 0.15) is 49.2 Å². The van der Waals surface area contributed by atoms with Crippen LogP contribution in [0.3, 0.4) is 0 Å². The molecule has 1 aromatic heterocycles. The van der Waals surface area contributed by atoms with E-state index in [1.165, 1.54) is 0 Å². The zero-order chi connectivity index (χ0) is 15.2. The first-order chi connectivity index (χ1) is 10.2. The summed E-state index contributed by atoms with van der Waals surface area (Å²) in [6.07, 6.45) is 5.00. The van der Waals surface area contributed by atoms with Crippen LogP contribution in [0, 0.1) is 12.8 Å². The number of pyridine rings is 1. The molecular weight excluding hydrogens is 262 g/mol. The number of rotatable bonds is 5. The molecule has 1 aromatic rings. The average molecular weight is 289 g/mol. The first-order valence-corrected chi connectivity index (χ1v) is 8.11. The van der Waals surface area contributed by atoms with E-state index in [9.17, 15) is 4.79 Å². The second-order valence-corrected chi connectivity index (χ2v) is 5.94. The molecule has 0 aliphatic carbocycles. The summed E-state index contributed by atoms with van der Waals surface area (Å²) in [4.78, 5) is 18.9. The molecule has 4 heteroatoms. The normalized spacial score (nSPS) is 22.3. The molecule has 2 heterocycles. The summed E-state index contributed by atoms with van der Waals surface area (Å²) in [7, 11) is 0. The molecule has 0 aromatic carbocycles. The number of hydrogen-bond donors (Lipinski definition) is 1. The van der Waals surface area contributed by atoms with Crippen LogP contribution in [0.5, 0.6) is 0 Å². The van der Waals surface area contributed by atoms with E-state index in [0.717, 1.165) is 44.5 Å². The van der Waals surface area contributed by atoms with Crippen LogP contribution in [-0.2, 0) is 0 Å². The Kier molecular flexibility index (Phi) is 5.74. The fraction of sp³-hybridized carbons (Fsp3) is 0.647. The number of aromatic nitrogens is 1. The van der Waals surface area contributed by atoms with Gasteiger partial charge in [-0.2, -0.15) is 0 Å². The van der Waals surface area contributed by atoms with Gasteiger partial charge in [0, 0.05) is 25.3 Å². The summed E-state index contributed by atoms with van der Waals surface area (Å²) >= 11 is 0. The molecule has 0 spiro atoms. The number of nitrogens with zero attached hydrogens (tertiary/aromatic N) is 2. The Labute approximate surface area is 127 Å². The fourth-order valence-electron chi connectivity index (χ4n) is 3.09. The van der Waals surface area contributed by atoms with Crippen LogP contribution in [-0.4, -0.2) is 41.5 Å². The summed E-state index contributed by atoms with van der Waals surface area (Å²) in [5, 5.41) is 3.63. The molecule has 116 valence electrons. The number of aryl methyl sites for hydroxylation is 1. The standard InChI is InChI=1S/C17H27N3O/c1-4-9-18-15-8-11-20(12-14(15)5-2)17(21)16-13(3)7-6-10-19-16/h6-7,10,14-15,18H,4-5,8-9,11-12H2,1-3H3. The van der Waals surface area contributed by atoms with E-state index in [1.54, 1.807) is 6.20 Å². The molecule has 2 unspecified atom stereocenters. The monoisotopic (exact) mass is 289 g/mol. The molecule has 4 nitrogen and oxygen atoms in total. The van der Waals surface area contributed by atoms with Gasteiger partial charge in [0.05, 0.1) is 0 Å². The van der Waals surface area contributed by atoms with E-state index < -0.39 is 0 Å². The lowest BCUT2D eigenvalue weighted by atomic mass is 9.89. The van der Waals surface area contributed by atoms with Gasteiger partial charge < -0.3 is 10.2 Å². The smallest absolute Gasteiger partial charge is 0.272 e. The summed E-state index contributed by atoms with van der Waals surface area (Å²) in [5.74, 6) is 0.624. The molecule has 21 heavy (non-hydrogen) atoms. The van der Waals surface area contributed by atoms with Crippen molar-refractivity contribution in [1.29, 1.82) is 0 Å². The Bertz CT molecular complexity index is 475. The minimum atomic E-state index is 0.0838. The van der Waals surface area contributed by atoms with Crippen molar-refractivity contribution in [3.8, 4) is 0 Å². The predicted molar refractivity (Wildman–Crippen MR) is 85.4 cm³/mol. The van der Waals surface area contributed by atoms with Crippen LogP contribution < -0.4 is 5.32 Å². The van der Waals surface area contributed by atoms with E-state index in [0.29, 0.717) is 17.7 Å². The molecule has 2 rings (SSSR count). The van der Waals surface area contributed by atoms with Crippen LogP contribution >= 0.6 is 0 Å². The maximum absolute atomic E-state index is 12.6. The van der Waals surface area contributed by atoms with Crippen molar-refractivity contribution in [3.05, 3.63) is 29.6 Å². The number of likely N-dealkylation sites (tertiary alicyclic amines) is 1. The van der Waals surface area contributed by atoms with Crippen LogP contribution in [0.2, 0.25) is 0 Å². The summed E-state index contributed by atoms with van der Waals surface area (Å²) in [5.41, 5.74) is 1.56. The van der Waals surface area contributed by atoms with Crippen molar-refractivity contribution in [2.75, 3.05) is 19.6 Å². The second-order valence-electron chi connectivity index (χ2n) is 5.94. The van der Waals surface area contributed by atoms with Crippen LogP contribution in [0.25, 0.3) is 0 Å². The van der Waals surface area contributed by atoms with E-state index in [4.69, 9.17) is 0 Å². The van der Waals surface area contributed by atoms with Gasteiger partial charge in [0.1, 0.15) is 5.69 Å². The summed E-state index contributed by atoms with van der Waals surface area (Å²) in [6, 6.07) is 4.37. The van der Waals surface area contributed by atoms with Gasteiger partial charge in [0.25, 0.3) is 5.91 Å². The summed E-state index contributed by atoms with van der Waals surface area (Å²) in [6.45, 7) is 9.09. The van der Waals surface area contributed by atoms with Gasteiger partial charge in [-0.25, -0.2) is 0 Å². The molecule has 0 bridgehead atoms. The maximum atomic E-state index is 12.6. The van der Waals surface area contributed by atoms with Gasteiger partial charge in [0.2, 0.25) is 0 Å². The van der Waals surface area contributed by atoms with E-state index in [2.05, 4.69) is 24.1 Å². The fourth-order valence-corrected chi connectivity index (χ4v) is 3.09. The molecule has 1 N–H and O–H groups in total. The van der Waals surface area contributed by atoms with Gasteiger partial charge in [-0.05, 0) is 43.9 Å². The van der Waals surface area contributed by atoms with Crippen LogP contribution in [0.4, 0.5) is 0 Å². The highest BCUT2D eigenvalue weighted by atomic mass is 16.2. The largest absolute Gasteiger partial charge is 0.337 e. The first kappa shape index (κ1) is 16.0. The van der Waals surface area contributed by atoms with Crippen molar-refractivity contribution in [2.45, 2.75) is 46.1 Å². The molecule has 1 aliphatic rings. The quantitative estimate of drug-likeness (QED) is 0.906. The van der Waals surface area contributed by atoms with Crippen molar-refractivity contribution in [3.63, 3.8) is 0 Å². The average Bonchev–Trinajstić information content (AvgIpc) is 2.52. The highest BCUT2D eigenvalue weighted by Gasteiger charge is 2.31.